The number of benzene rings is 2. The fraction of sp³-hybridized carbons (Fsp3) is 0.0625. The van der Waals surface area contributed by atoms with Crippen molar-refractivity contribution in [2.24, 2.45) is 0 Å². The molecular formula is C16H12BrFN2. The highest BCUT2D eigenvalue weighted by molar-refractivity contribution is 9.08. The summed E-state index contributed by atoms with van der Waals surface area (Å²) in [7, 11) is 0. The predicted molar refractivity (Wildman–Crippen MR) is 81.6 cm³/mol. The van der Waals surface area contributed by atoms with Crippen molar-refractivity contribution in [3.8, 4) is 16.9 Å². The van der Waals surface area contributed by atoms with Crippen molar-refractivity contribution in [2.45, 2.75) is 5.33 Å². The molecule has 0 amide bonds. The molecule has 0 radical (unpaired) electrons. The normalized spacial score (nSPS) is 10.7. The molecule has 0 spiro atoms. The second-order valence-electron chi connectivity index (χ2n) is 4.42. The maximum Gasteiger partial charge on any atom is 0.123 e. The van der Waals surface area contributed by atoms with Crippen LogP contribution in [0.15, 0.2) is 60.8 Å². The first-order valence-corrected chi connectivity index (χ1v) is 7.36. The number of nitrogens with zero attached hydrogens (tertiary/aromatic N) is 2. The molecule has 0 bridgehead atoms. The first-order valence-electron chi connectivity index (χ1n) is 6.24. The van der Waals surface area contributed by atoms with Gasteiger partial charge in [0.15, 0.2) is 0 Å². The minimum absolute atomic E-state index is 0.239. The van der Waals surface area contributed by atoms with Crippen LogP contribution in [0.1, 0.15) is 5.56 Å². The van der Waals surface area contributed by atoms with Crippen molar-refractivity contribution < 1.29 is 4.39 Å². The van der Waals surface area contributed by atoms with Crippen LogP contribution < -0.4 is 0 Å². The molecule has 2 aromatic carbocycles. The Labute approximate surface area is 125 Å². The SMILES string of the molecule is Fc1ccc(-c2nn(-c3ccccc3)cc2CBr)cc1. The third-order valence-electron chi connectivity index (χ3n) is 3.07. The number of alkyl halides is 1. The summed E-state index contributed by atoms with van der Waals surface area (Å²) in [6, 6.07) is 16.3. The highest BCUT2D eigenvalue weighted by atomic mass is 79.9. The number of halogens is 2. The van der Waals surface area contributed by atoms with Crippen LogP contribution in [0.2, 0.25) is 0 Å². The molecule has 1 aromatic heterocycles. The molecule has 0 saturated heterocycles. The molecule has 0 aliphatic rings. The Morgan fingerprint density at radius 1 is 1.00 bits per heavy atom. The molecule has 3 aromatic rings. The number of para-hydroxylation sites is 1. The third kappa shape index (κ3) is 2.51. The van der Waals surface area contributed by atoms with Gasteiger partial charge in [-0.05, 0) is 36.4 Å². The monoisotopic (exact) mass is 330 g/mol. The first-order chi connectivity index (χ1) is 9.78. The molecule has 0 N–H and O–H groups in total. The standard InChI is InChI=1S/C16H12BrFN2/c17-10-13-11-20(15-4-2-1-3-5-15)19-16(13)12-6-8-14(18)9-7-12/h1-9,11H,10H2. The zero-order valence-corrected chi connectivity index (χ0v) is 12.2. The van der Waals surface area contributed by atoms with Gasteiger partial charge in [0.25, 0.3) is 0 Å². The van der Waals surface area contributed by atoms with E-state index in [-0.39, 0.29) is 5.82 Å². The predicted octanol–water partition coefficient (Wildman–Crippen LogP) is 4.57. The zero-order valence-electron chi connectivity index (χ0n) is 10.6. The van der Waals surface area contributed by atoms with Crippen LogP contribution in [0.4, 0.5) is 4.39 Å². The maximum absolute atomic E-state index is 13.0. The van der Waals surface area contributed by atoms with E-state index in [9.17, 15) is 4.39 Å². The van der Waals surface area contributed by atoms with E-state index in [4.69, 9.17) is 0 Å². The quantitative estimate of drug-likeness (QED) is 0.643. The van der Waals surface area contributed by atoms with Gasteiger partial charge in [-0.2, -0.15) is 5.10 Å². The van der Waals surface area contributed by atoms with E-state index in [1.807, 2.05) is 41.2 Å². The number of hydrogen-bond acceptors (Lipinski definition) is 1. The Morgan fingerprint density at radius 2 is 1.70 bits per heavy atom. The van der Waals surface area contributed by atoms with Gasteiger partial charge in [0.2, 0.25) is 0 Å². The van der Waals surface area contributed by atoms with Crippen molar-refractivity contribution in [2.75, 3.05) is 0 Å². The molecule has 0 saturated carbocycles. The van der Waals surface area contributed by atoms with Crippen LogP contribution >= 0.6 is 15.9 Å². The van der Waals surface area contributed by atoms with E-state index < -0.39 is 0 Å². The maximum atomic E-state index is 13.0. The molecule has 0 aliphatic carbocycles. The summed E-state index contributed by atoms with van der Waals surface area (Å²) in [4.78, 5) is 0. The Morgan fingerprint density at radius 3 is 2.35 bits per heavy atom. The van der Waals surface area contributed by atoms with E-state index in [0.717, 1.165) is 22.5 Å². The minimum Gasteiger partial charge on any atom is -0.240 e. The van der Waals surface area contributed by atoms with Gasteiger partial charge in [-0.1, -0.05) is 34.1 Å². The summed E-state index contributed by atoms with van der Waals surface area (Å²) in [6.07, 6.45) is 1.99. The topological polar surface area (TPSA) is 17.8 Å². The van der Waals surface area contributed by atoms with Crippen LogP contribution in [0, 0.1) is 5.82 Å². The zero-order chi connectivity index (χ0) is 13.9. The summed E-state index contributed by atoms with van der Waals surface area (Å²) in [6.45, 7) is 0. The van der Waals surface area contributed by atoms with Crippen molar-refractivity contribution in [3.05, 3.63) is 72.2 Å². The van der Waals surface area contributed by atoms with E-state index in [1.165, 1.54) is 12.1 Å². The Bertz CT molecular complexity index is 705. The van der Waals surface area contributed by atoms with E-state index >= 15 is 0 Å². The van der Waals surface area contributed by atoms with Crippen molar-refractivity contribution in [1.82, 2.24) is 9.78 Å². The summed E-state index contributed by atoms with van der Waals surface area (Å²) in [5.41, 5.74) is 3.85. The lowest BCUT2D eigenvalue weighted by Gasteiger charge is -2.00. The van der Waals surface area contributed by atoms with Gasteiger partial charge >= 0.3 is 0 Å². The average Bonchev–Trinajstić information content (AvgIpc) is 2.93. The average molecular weight is 331 g/mol. The van der Waals surface area contributed by atoms with Crippen molar-refractivity contribution in [3.63, 3.8) is 0 Å². The minimum atomic E-state index is -0.239. The van der Waals surface area contributed by atoms with Gasteiger partial charge in [0.05, 0.1) is 11.4 Å². The largest absolute Gasteiger partial charge is 0.240 e. The molecular weight excluding hydrogens is 319 g/mol. The van der Waals surface area contributed by atoms with Crippen LogP contribution in [-0.2, 0) is 5.33 Å². The highest BCUT2D eigenvalue weighted by Crippen LogP contribution is 2.25. The van der Waals surface area contributed by atoms with E-state index in [1.54, 1.807) is 12.1 Å². The fourth-order valence-corrected chi connectivity index (χ4v) is 2.48. The highest BCUT2D eigenvalue weighted by Gasteiger charge is 2.11. The molecule has 4 heteroatoms. The molecule has 20 heavy (non-hydrogen) atoms. The van der Waals surface area contributed by atoms with Gasteiger partial charge in [-0.25, -0.2) is 9.07 Å². The van der Waals surface area contributed by atoms with Gasteiger partial charge in [0, 0.05) is 22.7 Å². The lowest BCUT2D eigenvalue weighted by atomic mass is 10.1. The molecule has 3 rings (SSSR count). The molecule has 2 nitrogen and oxygen atoms in total. The van der Waals surface area contributed by atoms with Crippen LogP contribution in [0.25, 0.3) is 16.9 Å². The van der Waals surface area contributed by atoms with E-state index in [0.29, 0.717) is 5.33 Å². The summed E-state index contributed by atoms with van der Waals surface area (Å²) in [5.74, 6) is -0.239. The molecule has 0 fully saturated rings. The summed E-state index contributed by atoms with van der Waals surface area (Å²) in [5, 5.41) is 5.32. The van der Waals surface area contributed by atoms with E-state index in [2.05, 4.69) is 21.0 Å². The van der Waals surface area contributed by atoms with Gasteiger partial charge < -0.3 is 0 Å². The van der Waals surface area contributed by atoms with Crippen LogP contribution in [0.3, 0.4) is 0 Å². The molecule has 0 unspecified atom stereocenters. The van der Waals surface area contributed by atoms with Crippen LogP contribution in [-0.4, -0.2) is 9.78 Å². The molecule has 100 valence electrons. The van der Waals surface area contributed by atoms with Gasteiger partial charge in [-0.3, -0.25) is 0 Å². The van der Waals surface area contributed by atoms with Crippen molar-refractivity contribution >= 4 is 15.9 Å². The van der Waals surface area contributed by atoms with Crippen LogP contribution in [0.5, 0.6) is 0 Å². The fourth-order valence-electron chi connectivity index (χ4n) is 2.07. The number of rotatable bonds is 3. The number of aromatic nitrogens is 2. The molecule has 1 heterocycles. The second kappa shape index (κ2) is 5.59. The van der Waals surface area contributed by atoms with Gasteiger partial charge in [-0.15, -0.1) is 0 Å². The Balaban J connectivity index is 2.07. The first kappa shape index (κ1) is 13.1. The third-order valence-corrected chi connectivity index (χ3v) is 3.68. The summed E-state index contributed by atoms with van der Waals surface area (Å²) >= 11 is 3.48. The second-order valence-corrected chi connectivity index (χ2v) is 4.98. The molecule has 0 aliphatic heterocycles. The Hall–Kier alpha value is -1.94. The van der Waals surface area contributed by atoms with Crippen molar-refractivity contribution in [1.29, 1.82) is 0 Å². The lowest BCUT2D eigenvalue weighted by molar-refractivity contribution is 0.628. The molecule has 0 atom stereocenters. The smallest absolute Gasteiger partial charge is 0.123 e. The summed E-state index contributed by atoms with van der Waals surface area (Å²) < 4.78 is 14.9. The Kier molecular flexibility index (Phi) is 3.65. The number of hydrogen-bond donors (Lipinski definition) is 0. The van der Waals surface area contributed by atoms with Gasteiger partial charge in [0.1, 0.15) is 5.82 Å². The lowest BCUT2D eigenvalue weighted by Crippen LogP contribution is -1.94.